The van der Waals surface area contributed by atoms with Crippen LogP contribution in [0.1, 0.15) is 24.1 Å². The van der Waals surface area contributed by atoms with Gasteiger partial charge in [0.2, 0.25) is 15.9 Å². The van der Waals surface area contributed by atoms with Gasteiger partial charge in [0.1, 0.15) is 11.6 Å². The number of rotatable bonds is 9. The van der Waals surface area contributed by atoms with Crippen LogP contribution in [0.25, 0.3) is 0 Å². The molecule has 0 heterocycles. The van der Waals surface area contributed by atoms with Gasteiger partial charge in [0.15, 0.2) is 0 Å². The monoisotopic (exact) mass is 456 g/mol. The van der Waals surface area contributed by atoms with E-state index in [1.54, 1.807) is 43.5 Å². The zero-order valence-electron chi connectivity index (χ0n) is 17.9. The summed E-state index contributed by atoms with van der Waals surface area (Å²) in [6.07, 6.45) is 0. The Morgan fingerprint density at radius 2 is 1.62 bits per heavy atom. The topological polar surface area (TPSA) is 75.7 Å². The van der Waals surface area contributed by atoms with Crippen molar-refractivity contribution in [2.24, 2.45) is 0 Å². The van der Waals surface area contributed by atoms with Crippen molar-refractivity contribution in [1.29, 1.82) is 0 Å². The maximum Gasteiger partial charge on any atom is 0.243 e. The highest BCUT2D eigenvalue weighted by molar-refractivity contribution is 7.89. The van der Waals surface area contributed by atoms with E-state index in [4.69, 9.17) is 4.74 Å². The average molecular weight is 457 g/mol. The van der Waals surface area contributed by atoms with Crippen LogP contribution in [0, 0.1) is 5.82 Å². The van der Waals surface area contributed by atoms with Gasteiger partial charge in [-0.25, -0.2) is 12.8 Å². The first-order valence-electron chi connectivity index (χ1n) is 10.0. The normalized spacial score (nSPS) is 12.4. The molecule has 0 saturated carbocycles. The number of sulfonamides is 1. The van der Waals surface area contributed by atoms with Crippen LogP contribution >= 0.6 is 0 Å². The summed E-state index contributed by atoms with van der Waals surface area (Å²) in [5.41, 5.74) is 1.59. The smallest absolute Gasteiger partial charge is 0.243 e. The third kappa shape index (κ3) is 5.93. The van der Waals surface area contributed by atoms with E-state index >= 15 is 0 Å². The van der Waals surface area contributed by atoms with Gasteiger partial charge in [0.05, 0.1) is 24.6 Å². The molecule has 1 N–H and O–H groups in total. The van der Waals surface area contributed by atoms with Crippen LogP contribution in [0.5, 0.6) is 5.75 Å². The van der Waals surface area contributed by atoms with Gasteiger partial charge in [-0.3, -0.25) is 4.79 Å². The maximum atomic E-state index is 13.3. The lowest BCUT2D eigenvalue weighted by Crippen LogP contribution is -2.41. The third-order valence-electron chi connectivity index (χ3n) is 4.97. The number of hydrogen-bond donors (Lipinski definition) is 1. The Morgan fingerprint density at radius 1 is 1.00 bits per heavy atom. The predicted octanol–water partition coefficient (Wildman–Crippen LogP) is 3.90. The van der Waals surface area contributed by atoms with Crippen molar-refractivity contribution in [2.75, 3.05) is 13.7 Å². The zero-order chi connectivity index (χ0) is 23.1. The molecule has 0 fully saturated rings. The summed E-state index contributed by atoms with van der Waals surface area (Å²) in [6.45, 7) is 1.44. The lowest BCUT2D eigenvalue weighted by Gasteiger charge is -2.23. The summed E-state index contributed by atoms with van der Waals surface area (Å²) in [5, 5.41) is 2.84. The van der Waals surface area contributed by atoms with Crippen molar-refractivity contribution < 1.29 is 22.3 Å². The Kier molecular flexibility index (Phi) is 7.61. The van der Waals surface area contributed by atoms with Gasteiger partial charge in [-0.05, 0) is 54.4 Å². The molecule has 3 rings (SSSR count). The predicted molar refractivity (Wildman–Crippen MR) is 120 cm³/mol. The Balaban J connectivity index is 1.79. The molecule has 0 bridgehead atoms. The lowest BCUT2D eigenvalue weighted by atomic mass is 10.1. The van der Waals surface area contributed by atoms with Crippen molar-refractivity contribution in [3.8, 4) is 5.75 Å². The van der Waals surface area contributed by atoms with E-state index in [9.17, 15) is 17.6 Å². The molecule has 0 aliphatic carbocycles. The quantitative estimate of drug-likeness (QED) is 0.530. The highest BCUT2D eigenvalue weighted by Gasteiger charge is 2.27. The Bertz CT molecular complexity index is 1130. The fourth-order valence-corrected chi connectivity index (χ4v) is 4.58. The van der Waals surface area contributed by atoms with Crippen LogP contribution in [-0.4, -0.2) is 32.3 Å². The molecule has 168 valence electrons. The van der Waals surface area contributed by atoms with Crippen LogP contribution in [0.4, 0.5) is 4.39 Å². The van der Waals surface area contributed by atoms with Crippen molar-refractivity contribution in [1.82, 2.24) is 9.62 Å². The largest absolute Gasteiger partial charge is 0.497 e. The molecule has 0 radical (unpaired) electrons. The van der Waals surface area contributed by atoms with E-state index < -0.39 is 21.7 Å². The molecule has 0 aliphatic heterocycles. The fraction of sp³-hybridized carbons (Fsp3) is 0.208. The lowest BCUT2D eigenvalue weighted by molar-refractivity contribution is -0.122. The number of hydrogen-bond acceptors (Lipinski definition) is 4. The highest BCUT2D eigenvalue weighted by atomic mass is 32.2. The van der Waals surface area contributed by atoms with Crippen LogP contribution in [0.15, 0.2) is 83.8 Å². The fourth-order valence-electron chi connectivity index (χ4n) is 3.19. The molecule has 1 unspecified atom stereocenters. The molecular formula is C24H25FN2O4S. The van der Waals surface area contributed by atoms with Gasteiger partial charge in [-0.2, -0.15) is 4.31 Å². The molecule has 0 aliphatic rings. The van der Waals surface area contributed by atoms with Crippen molar-refractivity contribution >= 4 is 15.9 Å². The number of amides is 1. The Labute approximate surface area is 187 Å². The minimum Gasteiger partial charge on any atom is -0.497 e. The van der Waals surface area contributed by atoms with E-state index in [0.29, 0.717) is 5.75 Å². The van der Waals surface area contributed by atoms with E-state index in [2.05, 4.69) is 5.32 Å². The van der Waals surface area contributed by atoms with Crippen LogP contribution < -0.4 is 10.1 Å². The van der Waals surface area contributed by atoms with Crippen LogP contribution in [-0.2, 0) is 21.4 Å². The van der Waals surface area contributed by atoms with Crippen molar-refractivity contribution in [2.45, 2.75) is 24.4 Å². The molecule has 1 amide bonds. The maximum absolute atomic E-state index is 13.3. The minimum absolute atomic E-state index is 0.00485. The summed E-state index contributed by atoms with van der Waals surface area (Å²) in [7, 11) is -2.46. The second-order valence-electron chi connectivity index (χ2n) is 7.27. The molecule has 32 heavy (non-hydrogen) atoms. The van der Waals surface area contributed by atoms with Gasteiger partial charge < -0.3 is 10.1 Å². The number of carbonyl (C=O) groups excluding carboxylic acids is 1. The summed E-state index contributed by atoms with van der Waals surface area (Å²) in [5.74, 6) is -0.286. The molecule has 0 aromatic heterocycles. The van der Waals surface area contributed by atoms with Gasteiger partial charge >= 0.3 is 0 Å². The van der Waals surface area contributed by atoms with Crippen molar-refractivity contribution in [3.63, 3.8) is 0 Å². The number of carbonyl (C=O) groups is 1. The third-order valence-corrected chi connectivity index (χ3v) is 6.77. The van der Waals surface area contributed by atoms with Crippen LogP contribution in [0.2, 0.25) is 0 Å². The van der Waals surface area contributed by atoms with E-state index in [1.807, 2.05) is 25.1 Å². The van der Waals surface area contributed by atoms with Gasteiger partial charge in [-0.1, -0.05) is 42.5 Å². The number of ether oxygens (including phenoxy) is 1. The molecule has 6 nitrogen and oxygen atoms in total. The number of benzene rings is 3. The average Bonchev–Trinajstić information content (AvgIpc) is 2.79. The Morgan fingerprint density at radius 3 is 2.22 bits per heavy atom. The summed E-state index contributed by atoms with van der Waals surface area (Å²) in [4.78, 5) is 12.7. The molecule has 0 saturated heterocycles. The highest BCUT2D eigenvalue weighted by Crippen LogP contribution is 2.20. The van der Waals surface area contributed by atoms with Gasteiger partial charge in [-0.15, -0.1) is 0 Å². The number of nitrogens with one attached hydrogen (secondary N) is 1. The number of methoxy groups -OCH3 is 1. The van der Waals surface area contributed by atoms with Gasteiger partial charge in [0, 0.05) is 6.54 Å². The molecule has 3 aromatic rings. The first kappa shape index (κ1) is 23.4. The minimum atomic E-state index is -4.03. The zero-order valence-corrected chi connectivity index (χ0v) is 18.7. The standard InChI is InChI=1S/C24H25FN2O4S/c1-18(20-8-12-22(31-2)13-9-20)26-24(28)17-27(16-19-6-4-3-5-7-19)32(29,30)23-14-10-21(25)11-15-23/h3-15,18H,16-17H2,1-2H3,(H,26,28). The van der Waals surface area contributed by atoms with E-state index in [-0.39, 0.29) is 24.0 Å². The van der Waals surface area contributed by atoms with E-state index in [0.717, 1.165) is 27.6 Å². The number of halogens is 1. The first-order valence-corrected chi connectivity index (χ1v) is 11.5. The second-order valence-corrected chi connectivity index (χ2v) is 9.21. The van der Waals surface area contributed by atoms with Crippen LogP contribution in [0.3, 0.4) is 0 Å². The summed E-state index contributed by atoms with van der Waals surface area (Å²) >= 11 is 0. The summed E-state index contributed by atoms with van der Waals surface area (Å²) < 4.78 is 46.0. The SMILES string of the molecule is COc1ccc(C(C)NC(=O)CN(Cc2ccccc2)S(=O)(=O)c2ccc(F)cc2)cc1. The van der Waals surface area contributed by atoms with Crippen molar-refractivity contribution in [3.05, 3.63) is 95.8 Å². The Hall–Kier alpha value is -3.23. The van der Waals surface area contributed by atoms with Gasteiger partial charge in [0.25, 0.3) is 0 Å². The molecule has 8 heteroatoms. The summed E-state index contributed by atoms with van der Waals surface area (Å²) in [6, 6.07) is 20.5. The molecule has 0 spiro atoms. The van der Waals surface area contributed by atoms with E-state index in [1.165, 1.54) is 12.1 Å². The number of nitrogens with zero attached hydrogens (tertiary/aromatic N) is 1. The molecular weight excluding hydrogens is 431 g/mol. The molecule has 1 atom stereocenters. The molecule has 3 aromatic carbocycles. The second kappa shape index (κ2) is 10.4. The first-order chi connectivity index (χ1) is 15.3.